The molecular formula is C16H15F2N3OS2. The molecule has 0 bridgehead atoms. The monoisotopic (exact) mass is 367 g/mol. The lowest BCUT2D eigenvalue weighted by atomic mass is 10.2. The summed E-state index contributed by atoms with van der Waals surface area (Å²) in [6, 6.07) is 11.9. The molecule has 2 rings (SSSR count). The quantitative estimate of drug-likeness (QED) is 0.431. The SMILES string of the molecule is O=C(CSc1ccc(F)cc1)NNC(=S)NCc1ccc(F)cc1. The lowest BCUT2D eigenvalue weighted by Gasteiger charge is -2.11. The Kier molecular flexibility index (Phi) is 6.95. The fourth-order valence-corrected chi connectivity index (χ4v) is 2.49. The Balaban J connectivity index is 1.64. The molecule has 2 aromatic rings. The van der Waals surface area contributed by atoms with Gasteiger partial charge in [-0.3, -0.25) is 15.6 Å². The number of nitrogens with one attached hydrogen (secondary N) is 3. The molecule has 0 aliphatic heterocycles. The van der Waals surface area contributed by atoms with E-state index in [0.717, 1.165) is 10.5 Å². The highest BCUT2D eigenvalue weighted by Crippen LogP contribution is 2.17. The Hall–Kier alpha value is -2.19. The first kappa shape index (κ1) is 18.2. The molecular weight excluding hydrogens is 352 g/mol. The molecule has 0 spiro atoms. The molecule has 0 saturated heterocycles. The molecule has 0 atom stereocenters. The standard InChI is InChI=1S/C16H15F2N3OS2/c17-12-3-1-11(2-4-12)9-19-16(23)21-20-15(22)10-24-14-7-5-13(18)6-8-14/h1-8H,9-10H2,(H,20,22)(H2,19,21,23). The number of carbonyl (C=O) groups excluding carboxylic acids is 1. The molecule has 0 heterocycles. The molecule has 24 heavy (non-hydrogen) atoms. The second-order valence-corrected chi connectivity index (χ2v) is 6.18. The number of amides is 1. The van der Waals surface area contributed by atoms with E-state index in [1.807, 2.05) is 0 Å². The van der Waals surface area contributed by atoms with Crippen molar-refractivity contribution in [3.8, 4) is 0 Å². The maximum Gasteiger partial charge on any atom is 0.248 e. The molecule has 0 aliphatic rings. The summed E-state index contributed by atoms with van der Waals surface area (Å²) in [7, 11) is 0. The maximum atomic E-state index is 12.8. The maximum absolute atomic E-state index is 12.8. The minimum atomic E-state index is -0.317. The fraction of sp³-hybridized carbons (Fsp3) is 0.125. The molecule has 0 aromatic heterocycles. The molecule has 0 fully saturated rings. The van der Waals surface area contributed by atoms with Crippen LogP contribution >= 0.6 is 24.0 Å². The van der Waals surface area contributed by atoms with Crippen LogP contribution in [0, 0.1) is 11.6 Å². The van der Waals surface area contributed by atoms with Crippen molar-refractivity contribution >= 4 is 35.0 Å². The summed E-state index contributed by atoms with van der Waals surface area (Å²) in [6.45, 7) is 0.409. The molecule has 4 nitrogen and oxygen atoms in total. The van der Waals surface area contributed by atoms with Crippen molar-refractivity contribution in [1.82, 2.24) is 16.2 Å². The third-order valence-electron chi connectivity index (χ3n) is 2.87. The summed E-state index contributed by atoms with van der Waals surface area (Å²) in [6.07, 6.45) is 0. The summed E-state index contributed by atoms with van der Waals surface area (Å²) in [5.41, 5.74) is 5.90. The van der Waals surface area contributed by atoms with E-state index >= 15 is 0 Å². The van der Waals surface area contributed by atoms with Gasteiger partial charge in [-0.25, -0.2) is 8.78 Å². The van der Waals surface area contributed by atoms with Crippen LogP contribution in [0.5, 0.6) is 0 Å². The molecule has 3 N–H and O–H groups in total. The van der Waals surface area contributed by atoms with Gasteiger partial charge in [-0.15, -0.1) is 11.8 Å². The van der Waals surface area contributed by atoms with Gasteiger partial charge < -0.3 is 5.32 Å². The summed E-state index contributed by atoms with van der Waals surface area (Å²) in [5.74, 6) is -0.720. The first-order valence-electron chi connectivity index (χ1n) is 6.98. The lowest BCUT2D eigenvalue weighted by molar-refractivity contribution is -0.119. The van der Waals surface area contributed by atoms with Crippen molar-refractivity contribution in [2.45, 2.75) is 11.4 Å². The van der Waals surface area contributed by atoms with Crippen LogP contribution in [0.15, 0.2) is 53.4 Å². The Morgan fingerprint density at radius 3 is 2.17 bits per heavy atom. The number of halogens is 2. The first-order chi connectivity index (χ1) is 11.5. The Bertz CT molecular complexity index is 632. The average Bonchev–Trinajstić information content (AvgIpc) is 2.59. The van der Waals surface area contributed by atoms with Crippen molar-refractivity contribution in [2.75, 3.05) is 5.75 Å². The van der Waals surface area contributed by atoms with Gasteiger partial charge in [0.1, 0.15) is 11.6 Å². The van der Waals surface area contributed by atoms with Gasteiger partial charge in [0, 0.05) is 11.4 Å². The van der Waals surface area contributed by atoms with E-state index < -0.39 is 0 Å². The first-order valence-corrected chi connectivity index (χ1v) is 8.38. The number of rotatable bonds is 5. The van der Waals surface area contributed by atoms with Gasteiger partial charge in [-0.05, 0) is 54.2 Å². The molecule has 2 aromatic carbocycles. The van der Waals surface area contributed by atoms with E-state index in [-0.39, 0.29) is 28.4 Å². The van der Waals surface area contributed by atoms with Crippen molar-refractivity contribution in [3.05, 3.63) is 65.7 Å². The minimum Gasteiger partial charge on any atom is -0.357 e. The zero-order valence-electron chi connectivity index (χ0n) is 12.5. The van der Waals surface area contributed by atoms with Gasteiger partial charge in [0.05, 0.1) is 5.75 Å². The number of thiocarbonyl (C=S) groups is 1. The van der Waals surface area contributed by atoms with Crippen LogP contribution in [-0.2, 0) is 11.3 Å². The largest absolute Gasteiger partial charge is 0.357 e. The van der Waals surface area contributed by atoms with Crippen LogP contribution in [0.25, 0.3) is 0 Å². The summed E-state index contributed by atoms with van der Waals surface area (Å²) >= 11 is 6.31. The van der Waals surface area contributed by atoms with E-state index in [1.165, 1.54) is 36.0 Å². The number of benzene rings is 2. The van der Waals surface area contributed by atoms with Gasteiger partial charge in [0.25, 0.3) is 0 Å². The number of hydrogen-bond donors (Lipinski definition) is 3. The Morgan fingerprint density at radius 1 is 0.958 bits per heavy atom. The molecule has 126 valence electrons. The predicted octanol–water partition coefficient (Wildman–Crippen LogP) is 2.75. The van der Waals surface area contributed by atoms with Crippen molar-refractivity contribution in [2.24, 2.45) is 0 Å². The van der Waals surface area contributed by atoms with E-state index in [0.29, 0.717) is 6.54 Å². The summed E-state index contributed by atoms with van der Waals surface area (Å²) in [5, 5.41) is 3.14. The molecule has 0 aliphatic carbocycles. The normalized spacial score (nSPS) is 10.1. The molecule has 0 unspecified atom stereocenters. The van der Waals surface area contributed by atoms with Gasteiger partial charge in [-0.2, -0.15) is 0 Å². The number of thioether (sulfide) groups is 1. The molecule has 0 radical (unpaired) electrons. The van der Waals surface area contributed by atoms with Crippen LogP contribution in [0.1, 0.15) is 5.56 Å². The lowest BCUT2D eigenvalue weighted by Crippen LogP contribution is -2.47. The van der Waals surface area contributed by atoms with Gasteiger partial charge in [0.15, 0.2) is 5.11 Å². The van der Waals surface area contributed by atoms with Crippen molar-refractivity contribution in [3.63, 3.8) is 0 Å². The highest BCUT2D eigenvalue weighted by Gasteiger charge is 2.04. The van der Waals surface area contributed by atoms with Gasteiger partial charge >= 0.3 is 0 Å². The Labute approximate surface area is 148 Å². The second kappa shape index (κ2) is 9.19. The van der Waals surface area contributed by atoms with Gasteiger partial charge in [0.2, 0.25) is 5.91 Å². The van der Waals surface area contributed by atoms with E-state index in [4.69, 9.17) is 12.2 Å². The van der Waals surface area contributed by atoms with Gasteiger partial charge in [-0.1, -0.05) is 12.1 Å². The van der Waals surface area contributed by atoms with E-state index in [1.54, 1.807) is 24.3 Å². The molecule has 1 amide bonds. The average molecular weight is 367 g/mol. The van der Waals surface area contributed by atoms with Crippen LogP contribution in [0.4, 0.5) is 8.78 Å². The Morgan fingerprint density at radius 2 is 1.54 bits per heavy atom. The zero-order valence-corrected chi connectivity index (χ0v) is 14.1. The highest BCUT2D eigenvalue weighted by molar-refractivity contribution is 8.00. The number of hydrogen-bond acceptors (Lipinski definition) is 3. The van der Waals surface area contributed by atoms with Crippen LogP contribution < -0.4 is 16.2 Å². The third-order valence-corrected chi connectivity index (χ3v) is 4.12. The minimum absolute atomic E-state index is 0.166. The smallest absolute Gasteiger partial charge is 0.248 e. The van der Waals surface area contributed by atoms with Crippen LogP contribution in [0.3, 0.4) is 0 Å². The van der Waals surface area contributed by atoms with Crippen LogP contribution in [0.2, 0.25) is 0 Å². The fourth-order valence-electron chi connectivity index (χ4n) is 1.67. The predicted molar refractivity (Wildman–Crippen MR) is 94.2 cm³/mol. The topological polar surface area (TPSA) is 53.2 Å². The molecule has 8 heteroatoms. The van der Waals surface area contributed by atoms with Crippen LogP contribution in [-0.4, -0.2) is 16.8 Å². The number of hydrazine groups is 1. The van der Waals surface area contributed by atoms with Crippen molar-refractivity contribution in [1.29, 1.82) is 0 Å². The summed E-state index contributed by atoms with van der Waals surface area (Å²) < 4.78 is 25.6. The third kappa shape index (κ3) is 6.51. The van der Waals surface area contributed by atoms with E-state index in [2.05, 4.69) is 16.2 Å². The zero-order chi connectivity index (χ0) is 17.4. The highest BCUT2D eigenvalue weighted by atomic mass is 32.2. The molecule has 0 saturated carbocycles. The summed E-state index contributed by atoms with van der Waals surface area (Å²) in [4.78, 5) is 12.5. The number of carbonyl (C=O) groups is 1. The van der Waals surface area contributed by atoms with Crippen molar-refractivity contribution < 1.29 is 13.6 Å². The second-order valence-electron chi connectivity index (χ2n) is 4.72. The van der Waals surface area contributed by atoms with E-state index in [9.17, 15) is 13.6 Å².